The van der Waals surface area contributed by atoms with Gasteiger partial charge in [0.05, 0.1) is 6.54 Å². The van der Waals surface area contributed by atoms with Gasteiger partial charge >= 0.3 is 6.09 Å². The Morgan fingerprint density at radius 1 is 1.43 bits per heavy atom. The van der Waals surface area contributed by atoms with Crippen LogP contribution >= 0.6 is 0 Å². The van der Waals surface area contributed by atoms with E-state index in [4.69, 9.17) is 4.74 Å². The van der Waals surface area contributed by atoms with E-state index in [9.17, 15) is 14.3 Å². The highest BCUT2D eigenvalue weighted by molar-refractivity contribution is 5.68. The van der Waals surface area contributed by atoms with Crippen LogP contribution < -0.4 is 0 Å². The molecule has 1 atom stereocenters. The summed E-state index contributed by atoms with van der Waals surface area (Å²) in [7, 11) is 0. The lowest BCUT2D eigenvalue weighted by molar-refractivity contribution is 0.0137. The van der Waals surface area contributed by atoms with Gasteiger partial charge in [-0.2, -0.15) is 0 Å². The van der Waals surface area contributed by atoms with E-state index in [1.165, 1.54) is 17.0 Å². The molecule has 1 saturated heterocycles. The summed E-state index contributed by atoms with van der Waals surface area (Å²) in [5.74, 6) is -0.389. The second-order valence-corrected chi connectivity index (χ2v) is 6.64. The molecule has 0 aromatic heterocycles. The van der Waals surface area contributed by atoms with Crippen LogP contribution in [0.3, 0.4) is 0 Å². The maximum atomic E-state index is 13.4. The van der Waals surface area contributed by atoms with E-state index >= 15 is 0 Å². The predicted octanol–water partition coefficient (Wildman–Crippen LogP) is 2.96. The van der Waals surface area contributed by atoms with Crippen molar-refractivity contribution in [2.45, 2.75) is 45.3 Å². The summed E-state index contributed by atoms with van der Waals surface area (Å²) in [6, 6.07) is 4.34. The molecule has 1 heterocycles. The first-order valence-electron chi connectivity index (χ1n) is 7.08. The van der Waals surface area contributed by atoms with Crippen LogP contribution in [0.4, 0.5) is 9.18 Å². The molecule has 1 fully saturated rings. The fourth-order valence-electron chi connectivity index (χ4n) is 2.59. The lowest BCUT2D eigenvalue weighted by Crippen LogP contribution is -2.38. The number of aryl methyl sites for hydroxylation is 1. The Morgan fingerprint density at radius 2 is 2.10 bits per heavy atom. The maximum Gasteiger partial charge on any atom is 0.410 e. The van der Waals surface area contributed by atoms with Gasteiger partial charge in [0.1, 0.15) is 17.0 Å². The van der Waals surface area contributed by atoms with E-state index in [2.05, 4.69) is 0 Å². The van der Waals surface area contributed by atoms with Crippen LogP contribution in [0.15, 0.2) is 18.2 Å². The molecular weight excluding hydrogens is 273 g/mol. The molecular formula is C16H22FNO3. The highest BCUT2D eigenvalue weighted by Crippen LogP contribution is 2.34. The third-order valence-corrected chi connectivity index (χ3v) is 3.60. The van der Waals surface area contributed by atoms with E-state index in [1.54, 1.807) is 26.8 Å². The minimum Gasteiger partial charge on any atom is -0.444 e. The van der Waals surface area contributed by atoms with Crippen molar-refractivity contribution in [1.29, 1.82) is 0 Å². The number of amides is 1. The van der Waals surface area contributed by atoms with Crippen LogP contribution in [-0.4, -0.2) is 34.8 Å². The largest absolute Gasteiger partial charge is 0.444 e. The summed E-state index contributed by atoms with van der Waals surface area (Å²) in [4.78, 5) is 13.5. The lowest BCUT2D eigenvalue weighted by atomic mass is 9.89. The van der Waals surface area contributed by atoms with Crippen molar-refractivity contribution in [3.05, 3.63) is 35.1 Å². The SMILES string of the molecule is Cc1ccc(F)cc1C1(O)CCN(C(=O)OC(C)(C)C)C1. The van der Waals surface area contributed by atoms with E-state index in [0.29, 0.717) is 18.5 Å². The monoisotopic (exact) mass is 295 g/mol. The standard InChI is InChI=1S/C16H22FNO3/c1-11-5-6-12(17)9-13(11)16(20)7-8-18(10-16)14(19)21-15(2,3)4/h5-6,9,20H,7-8,10H2,1-4H3. The summed E-state index contributed by atoms with van der Waals surface area (Å²) in [6.45, 7) is 7.72. The van der Waals surface area contributed by atoms with Gasteiger partial charge in [-0.15, -0.1) is 0 Å². The Hall–Kier alpha value is -1.62. The fourth-order valence-corrected chi connectivity index (χ4v) is 2.59. The molecule has 0 saturated carbocycles. The molecule has 5 heteroatoms. The summed E-state index contributed by atoms with van der Waals surface area (Å²) in [5, 5.41) is 10.8. The topological polar surface area (TPSA) is 49.8 Å². The molecule has 0 spiro atoms. The highest BCUT2D eigenvalue weighted by Gasteiger charge is 2.41. The third-order valence-electron chi connectivity index (χ3n) is 3.60. The molecule has 4 nitrogen and oxygen atoms in total. The maximum absolute atomic E-state index is 13.4. The molecule has 21 heavy (non-hydrogen) atoms. The quantitative estimate of drug-likeness (QED) is 0.866. The van der Waals surface area contributed by atoms with Crippen molar-refractivity contribution in [3.8, 4) is 0 Å². The molecule has 1 amide bonds. The Kier molecular flexibility index (Phi) is 3.97. The van der Waals surface area contributed by atoms with Gasteiger partial charge in [-0.1, -0.05) is 6.07 Å². The van der Waals surface area contributed by atoms with Gasteiger partial charge in [0, 0.05) is 6.54 Å². The molecule has 2 rings (SSSR count). The molecule has 0 bridgehead atoms. The molecule has 1 aliphatic heterocycles. The number of aliphatic hydroxyl groups is 1. The van der Waals surface area contributed by atoms with Crippen molar-refractivity contribution in [2.75, 3.05) is 13.1 Å². The summed E-state index contributed by atoms with van der Waals surface area (Å²) < 4.78 is 18.7. The van der Waals surface area contributed by atoms with Crippen LogP contribution in [0.5, 0.6) is 0 Å². The van der Waals surface area contributed by atoms with E-state index in [-0.39, 0.29) is 12.4 Å². The van der Waals surface area contributed by atoms with Crippen molar-refractivity contribution >= 4 is 6.09 Å². The summed E-state index contributed by atoms with van der Waals surface area (Å²) in [5.41, 5.74) is -0.450. The van der Waals surface area contributed by atoms with Crippen LogP contribution in [0, 0.1) is 12.7 Å². The summed E-state index contributed by atoms with van der Waals surface area (Å²) in [6.07, 6.45) is -0.0798. The van der Waals surface area contributed by atoms with Gasteiger partial charge in [0.15, 0.2) is 0 Å². The lowest BCUT2D eigenvalue weighted by Gasteiger charge is -2.27. The number of ether oxygens (including phenoxy) is 1. The van der Waals surface area contributed by atoms with Gasteiger partial charge in [-0.05, 0) is 57.4 Å². The first-order chi connectivity index (χ1) is 9.61. The number of likely N-dealkylation sites (tertiary alicyclic amines) is 1. The van der Waals surface area contributed by atoms with Gasteiger partial charge < -0.3 is 14.7 Å². The van der Waals surface area contributed by atoms with Crippen molar-refractivity contribution < 1.29 is 19.0 Å². The number of carbonyl (C=O) groups is 1. The van der Waals surface area contributed by atoms with Crippen molar-refractivity contribution in [2.24, 2.45) is 0 Å². The smallest absolute Gasteiger partial charge is 0.410 e. The number of benzene rings is 1. The zero-order valence-corrected chi connectivity index (χ0v) is 12.9. The zero-order valence-electron chi connectivity index (χ0n) is 12.9. The van der Waals surface area contributed by atoms with Crippen LogP contribution in [0.25, 0.3) is 0 Å². The Bertz CT molecular complexity index is 553. The van der Waals surface area contributed by atoms with Crippen molar-refractivity contribution in [1.82, 2.24) is 4.90 Å². The first kappa shape index (κ1) is 15.8. The number of β-amino-alcohol motifs (C(OH)–C–C–N with tert-alkyl or cyclic N) is 1. The first-order valence-corrected chi connectivity index (χ1v) is 7.08. The summed E-state index contributed by atoms with van der Waals surface area (Å²) >= 11 is 0. The van der Waals surface area contributed by atoms with Gasteiger partial charge in [0.2, 0.25) is 0 Å². The number of halogens is 1. The highest BCUT2D eigenvalue weighted by atomic mass is 19.1. The van der Waals surface area contributed by atoms with Crippen LogP contribution in [0.2, 0.25) is 0 Å². The molecule has 1 aromatic rings. The molecule has 1 N–H and O–H groups in total. The van der Waals surface area contributed by atoms with E-state index < -0.39 is 17.3 Å². The number of carbonyl (C=O) groups excluding carboxylic acids is 1. The normalized spacial score (nSPS) is 22.5. The van der Waals surface area contributed by atoms with Crippen LogP contribution in [-0.2, 0) is 10.3 Å². The van der Waals surface area contributed by atoms with Crippen LogP contribution in [0.1, 0.15) is 38.3 Å². The third kappa shape index (κ3) is 3.53. The second-order valence-electron chi connectivity index (χ2n) is 6.64. The average molecular weight is 295 g/mol. The minimum atomic E-state index is -1.22. The Labute approximate surface area is 124 Å². The Morgan fingerprint density at radius 3 is 2.71 bits per heavy atom. The van der Waals surface area contributed by atoms with Gasteiger partial charge in [-0.25, -0.2) is 9.18 Å². The zero-order chi connectivity index (χ0) is 15.8. The number of hydrogen-bond donors (Lipinski definition) is 1. The number of rotatable bonds is 1. The fraction of sp³-hybridized carbons (Fsp3) is 0.562. The number of hydrogen-bond acceptors (Lipinski definition) is 3. The van der Waals surface area contributed by atoms with E-state index in [0.717, 1.165) is 5.56 Å². The molecule has 116 valence electrons. The molecule has 0 aliphatic carbocycles. The number of nitrogens with zero attached hydrogens (tertiary/aromatic N) is 1. The minimum absolute atomic E-state index is 0.117. The van der Waals surface area contributed by atoms with Gasteiger partial charge in [0.25, 0.3) is 0 Å². The van der Waals surface area contributed by atoms with Crippen molar-refractivity contribution in [3.63, 3.8) is 0 Å². The molecule has 1 unspecified atom stereocenters. The van der Waals surface area contributed by atoms with E-state index in [1.807, 2.05) is 6.92 Å². The van der Waals surface area contributed by atoms with Gasteiger partial charge in [-0.3, -0.25) is 0 Å². The molecule has 1 aliphatic rings. The average Bonchev–Trinajstić information content (AvgIpc) is 2.74. The Balaban J connectivity index is 2.17. The second kappa shape index (κ2) is 5.30. The molecule has 0 radical (unpaired) electrons. The molecule has 1 aromatic carbocycles. The predicted molar refractivity (Wildman–Crippen MR) is 77.5 cm³/mol.